The summed E-state index contributed by atoms with van der Waals surface area (Å²) in [5.41, 5.74) is 1.09. The van der Waals surface area contributed by atoms with Crippen molar-refractivity contribution in [1.29, 1.82) is 0 Å². The number of benzene rings is 1. The van der Waals surface area contributed by atoms with Gasteiger partial charge in [-0.2, -0.15) is 0 Å². The van der Waals surface area contributed by atoms with Crippen LogP contribution in [0.5, 0.6) is 5.75 Å². The third-order valence-corrected chi connectivity index (χ3v) is 5.36. The van der Waals surface area contributed by atoms with E-state index >= 15 is 0 Å². The second kappa shape index (κ2) is 9.02. The molecule has 3 rings (SSSR count). The second-order valence-corrected chi connectivity index (χ2v) is 7.33. The Hall–Kier alpha value is -2.37. The second-order valence-electron chi connectivity index (χ2n) is 7.33. The number of amidine groups is 1. The molecule has 1 aromatic rings. The van der Waals surface area contributed by atoms with Crippen LogP contribution in [0.1, 0.15) is 45.1 Å². The normalized spacial score (nSPS) is 22.3. The predicted octanol–water partition coefficient (Wildman–Crippen LogP) is 3.02. The lowest BCUT2D eigenvalue weighted by molar-refractivity contribution is -0.122. The zero-order valence-corrected chi connectivity index (χ0v) is 16.5. The Balaban J connectivity index is 1.69. The van der Waals surface area contributed by atoms with Crippen molar-refractivity contribution >= 4 is 18.1 Å². The molecule has 1 aromatic carbocycles. The highest BCUT2D eigenvalue weighted by molar-refractivity contribution is 6.04. The van der Waals surface area contributed by atoms with Crippen molar-refractivity contribution in [3.63, 3.8) is 0 Å². The lowest BCUT2D eigenvalue weighted by Crippen LogP contribution is -2.52. The summed E-state index contributed by atoms with van der Waals surface area (Å²) in [6.45, 7) is 5.37. The van der Waals surface area contributed by atoms with Gasteiger partial charge < -0.3 is 15.0 Å². The van der Waals surface area contributed by atoms with Crippen LogP contribution >= 0.6 is 0 Å². The number of ether oxygens (including phenoxy) is 1. The fourth-order valence-corrected chi connectivity index (χ4v) is 3.64. The smallest absolute Gasteiger partial charge is 0.254 e. The molecule has 27 heavy (non-hydrogen) atoms. The van der Waals surface area contributed by atoms with E-state index in [1.807, 2.05) is 30.6 Å². The Kier molecular flexibility index (Phi) is 6.48. The molecule has 146 valence electrons. The highest BCUT2D eigenvalue weighted by atomic mass is 16.5. The number of fused-ring (bicyclic) bond motifs is 1. The van der Waals surface area contributed by atoms with Crippen LogP contribution in [-0.4, -0.2) is 48.8 Å². The number of nitrogens with one attached hydrogen (secondary N) is 1. The van der Waals surface area contributed by atoms with Gasteiger partial charge in [-0.1, -0.05) is 45.2 Å². The fraction of sp³-hybridized carbons (Fsp3) is 0.571. The van der Waals surface area contributed by atoms with Gasteiger partial charge >= 0.3 is 0 Å². The molecule has 0 bridgehead atoms. The highest BCUT2D eigenvalue weighted by Gasteiger charge is 2.39. The third kappa shape index (κ3) is 4.67. The number of aliphatic imine (C=N–C) groups is 2. The summed E-state index contributed by atoms with van der Waals surface area (Å²) in [6, 6.07) is 7.43. The van der Waals surface area contributed by atoms with Crippen LogP contribution in [0.4, 0.5) is 0 Å². The first-order valence-corrected chi connectivity index (χ1v) is 9.94. The summed E-state index contributed by atoms with van der Waals surface area (Å²) < 4.78 is 5.20. The molecule has 6 nitrogen and oxygen atoms in total. The van der Waals surface area contributed by atoms with Crippen molar-refractivity contribution in [2.24, 2.45) is 15.9 Å². The van der Waals surface area contributed by atoms with E-state index in [2.05, 4.69) is 29.1 Å². The Morgan fingerprint density at radius 1 is 1.26 bits per heavy atom. The van der Waals surface area contributed by atoms with Crippen LogP contribution < -0.4 is 10.1 Å². The maximum absolute atomic E-state index is 12.5. The molecule has 6 heteroatoms. The minimum absolute atomic E-state index is 0.0566. The van der Waals surface area contributed by atoms with Crippen molar-refractivity contribution in [3.05, 3.63) is 29.8 Å². The van der Waals surface area contributed by atoms with Gasteiger partial charge in [0.1, 0.15) is 11.6 Å². The molecule has 0 spiro atoms. The number of carbonyl (C=O) groups is 1. The number of unbranched alkanes of at least 4 members (excludes halogenated alkanes) is 1. The molecule has 0 radical (unpaired) electrons. The molecule has 3 unspecified atom stereocenters. The van der Waals surface area contributed by atoms with E-state index in [1.165, 1.54) is 19.3 Å². The molecule has 2 heterocycles. The van der Waals surface area contributed by atoms with Gasteiger partial charge in [-0.25, -0.2) is 4.99 Å². The monoisotopic (exact) mass is 370 g/mol. The van der Waals surface area contributed by atoms with E-state index in [0.717, 1.165) is 24.3 Å². The van der Waals surface area contributed by atoms with Gasteiger partial charge in [0.05, 0.1) is 13.4 Å². The molecule has 2 aliphatic rings. The molecule has 1 N–H and O–H groups in total. The Bertz CT molecular complexity index is 699. The predicted molar refractivity (Wildman–Crippen MR) is 108 cm³/mol. The number of rotatable bonds is 9. The average molecular weight is 370 g/mol. The maximum atomic E-state index is 12.5. The molecule has 0 aromatic heterocycles. The minimum Gasteiger partial charge on any atom is -0.497 e. The van der Waals surface area contributed by atoms with Gasteiger partial charge in [0.25, 0.3) is 5.91 Å². The summed E-state index contributed by atoms with van der Waals surface area (Å²) in [5, 5.41) is 2.93. The van der Waals surface area contributed by atoms with Crippen molar-refractivity contribution in [1.82, 2.24) is 10.2 Å². The Morgan fingerprint density at radius 3 is 2.70 bits per heavy atom. The van der Waals surface area contributed by atoms with E-state index in [1.54, 1.807) is 7.11 Å². The first-order valence-electron chi connectivity index (χ1n) is 9.94. The third-order valence-electron chi connectivity index (χ3n) is 5.36. The largest absolute Gasteiger partial charge is 0.497 e. The molecule has 1 amide bonds. The zero-order valence-electron chi connectivity index (χ0n) is 16.5. The van der Waals surface area contributed by atoms with Gasteiger partial charge in [-0.05, 0) is 30.0 Å². The minimum atomic E-state index is -0.423. The number of methoxy groups -OCH3 is 1. The SMILES string of the molecule is CCCCC(CC)CN1C=NC2C(=O)NC(Cc3ccc(OC)cc3)=NC21. The van der Waals surface area contributed by atoms with E-state index < -0.39 is 6.04 Å². The standard InChI is InChI=1S/C21H30N4O2/c1-4-6-7-15(5-2)13-25-14-22-19-20(25)23-18(24-21(19)26)12-16-8-10-17(27-3)11-9-16/h8-11,14-15,19-20H,4-7,12-13H2,1-3H3,(H,23,24,26). The van der Waals surface area contributed by atoms with E-state index in [-0.39, 0.29) is 12.1 Å². The zero-order chi connectivity index (χ0) is 19.2. The Morgan fingerprint density at radius 2 is 2.04 bits per heavy atom. The van der Waals surface area contributed by atoms with Gasteiger partial charge in [0.2, 0.25) is 0 Å². The number of nitrogens with zero attached hydrogens (tertiary/aromatic N) is 3. The molecular formula is C21H30N4O2. The molecule has 0 fully saturated rings. The first kappa shape index (κ1) is 19.4. The summed E-state index contributed by atoms with van der Waals surface area (Å²) in [4.78, 5) is 23.9. The quantitative estimate of drug-likeness (QED) is 0.727. The summed E-state index contributed by atoms with van der Waals surface area (Å²) >= 11 is 0. The lowest BCUT2D eigenvalue weighted by Gasteiger charge is -2.31. The van der Waals surface area contributed by atoms with Crippen LogP contribution in [0.25, 0.3) is 0 Å². The maximum Gasteiger partial charge on any atom is 0.254 e. The number of hydrogen-bond donors (Lipinski definition) is 1. The number of hydrogen-bond acceptors (Lipinski definition) is 5. The molecule has 0 aliphatic carbocycles. The van der Waals surface area contributed by atoms with E-state index in [9.17, 15) is 4.79 Å². The van der Waals surface area contributed by atoms with Gasteiger partial charge in [0.15, 0.2) is 12.2 Å². The van der Waals surface area contributed by atoms with Gasteiger partial charge in [-0.3, -0.25) is 9.79 Å². The summed E-state index contributed by atoms with van der Waals surface area (Å²) in [6.07, 6.45) is 7.01. The molecule has 2 aliphatic heterocycles. The molecular weight excluding hydrogens is 340 g/mol. The van der Waals surface area contributed by atoms with Crippen molar-refractivity contribution in [2.45, 2.75) is 58.2 Å². The first-order chi connectivity index (χ1) is 13.1. The number of amides is 1. The molecule has 0 saturated heterocycles. The average Bonchev–Trinajstić information content (AvgIpc) is 3.09. The van der Waals surface area contributed by atoms with Crippen molar-refractivity contribution < 1.29 is 9.53 Å². The van der Waals surface area contributed by atoms with Crippen LogP contribution in [0.3, 0.4) is 0 Å². The highest BCUT2D eigenvalue weighted by Crippen LogP contribution is 2.23. The van der Waals surface area contributed by atoms with Crippen LogP contribution in [0, 0.1) is 5.92 Å². The number of carbonyl (C=O) groups excluding carboxylic acids is 1. The molecule has 3 atom stereocenters. The Labute approximate surface area is 161 Å². The van der Waals surface area contributed by atoms with E-state index in [0.29, 0.717) is 18.2 Å². The molecule has 0 saturated carbocycles. The van der Waals surface area contributed by atoms with Crippen molar-refractivity contribution in [3.8, 4) is 5.75 Å². The van der Waals surface area contributed by atoms with Gasteiger partial charge in [0, 0.05) is 13.0 Å². The van der Waals surface area contributed by atoms with Crippen LogP contribution in [0.15, 0.2) is 34.3 Å². The van der Waals surface area contributed by atoms with Crippen molar-refractivity contribution in [2.75, 3.05) is 13.7 Å². The topological polar surface area (TPSA) is 66.3 Å². The van der Waals surface area contributed by atoms with E-state index in [4.69, 9.17) is 9.73 Å². The lowest BCUT2D eigenvalue weighted by atomic mass is 9.98. The summed E-state index contributed by atoms with van der Waals surface area (Å²) in [5.74, 6) is 2.09. The van der Waals surface area contributed by atoms with Gasteiger partial charge in [-0.15, -0.1) is 0 Å². The van der Waals surface area contributed by atoms with Crippen LogP contribution in [-0.2, 0) is 11.2 Å². The fourth-order valence-electron chi connectivity index (χ4n) is 3.64. The summed E-state index contributed by atoms with van der Waals surface area (Å²) in [7, 11) is 1.65. The van der Waals surface area contributed by atoms with Crippen LogP contribution in [0.2, 0.25) is 0 Å².